The van der Waals surface area contributed by atoms with Crippen LogP contribution in [0.2, 0.25) is 5.02 Å². The number of methoxy groups -OCH3 is 1. The van der Waals surface area contributed by atoms with Gasteiger partial charge in [0.25, 0.3) is 0 Å². The van der Waals surface area contributed by atoms with Crippen molar-refractivity contribution < 1.29 is 35.9 Å². The molecule has 0 atom stereocenters. The normalized spacial score (nSPS) is 12.4. The Kier molecular flexibility index (Phi) is 4.04. The summed E-state index contributed by atoms with van der Waals surface area (Å²) in [4.78, 5) is 11.1. The molecule has 0 radical (unpaired) electrons. The molecule has 0 N–H and O–H groups in total. The molecule has 0 aliphatic rings. The Hall–Kier alpha value is -1.44. The van der Waals surface area contributed by atoms with Gasteiger partial charge < -0.3 is 4.74 Å². The fourth-order valence-electron chi connectivity index (χ4n) is 1.30. The lowest BCUT2D eigenvalue weighted by molar-refractivity contribution is -0.141. The highest BCUT2D eigenvalue weighted by Gasteiger charge is 2.40. The molecule has 0 bridgehead atoms. The molecule has 0 aliphatic heterocycles. The summed E-state index contributed by atoms with van der Waals surface area (Å²) >= 11 is 5.17. The zero-order chi connectivity index (χ0) is 15.0. The van der Waals surface area contributed by atoms with E-state index in [1.54, 1.807) is 0 Å². The molecule has 19 heavy (non-hydrogen) atoms. The third kappa shape index (κ3) is 3.31. The van der Waals surface area contributed by atoms with Crippen molar-refractivity contribution in [3.05, 3.63) is 33.8 Å². The van der Waals surface area contributed by atoms with Crippen molar-refractivity contribution in [3.63, 3.8) is 0 Å². The Morgan fingerprint density at radius 3 is 1.89 bits per heavy atom. The largest absolute Gasteiger partial charge is 0.465 e. The van der Waals surface area contributed by atoms with Crippen LogP contribution in [0.3, 0.4) is 0 Å². The Balaban J connectivity index is 3.60. The first-order chi connectivity index (χ1) is 8.48. The van der Waals surface area contributed by atoms with E-state index in [2.05, 4.69) is 4.74 Å². The van der Waals surface area contributed by atoms with Crippen LogP contribution in [0.1, 0.15) is 21.5 Å². The van der Waals surface area contributed by atoms with E-state index in [1.165, 1.54) is 0 Å². The number of carbonyl (C=O) groups excluding carboxylic acids is 1. The molecule has 0 unspecified atom stereocenters. The van der Waals surface area contributed by atoms with Gasteiger partial charge in [-0.25, -0.2) is 4.79 Å². The predicted molar refractivity (Wildman–Crippen MR) is 52.8 cm³/mol. The first-order valence-corrected chi connectivity index (χ1v) is 4.92. The van der Waals surface area contributed by atoms with Gasteiger partial charge in [-0.1, -0.05) is 11.6 Å². The maximum absolute atomic E-state index is 12.6. The SMILES string of the molecule is COC(=O)c1cc(C(F)(F)F)c(Cl)cc1C(F)(F)F. The fourth-order valence-corrected chi connectivity index (χ4v) is 1.57. The van der Waals surface area contributed by atoms with Crippen LogP contribution < -0.4 is 0 Å². The van der Waals surface area contributed by atoms with Crippen LogP contribution in [0.15, 0.2) is 12.1 Å². The Morgan fingerprint density at radius 2 is 1.53 bits per heavy atom. The second-order valence-corrected chi connectivity index (χ2v) is 3.77. The van der Waals surface area contributed by atoms with Gasteiger partial charge in [-0.3, -0.25) is 0 Å². The number of halogens is 7. The first kappa shape index (κ1) is 15.6. The summed E-state index contributed by atoms with van der Waals surface area (Å²) in [6, 6.07) is 0.0770. The zero-order valence-corrected chi connectivity index (χ0v) is 9.87. The smallest absolute Gasteiger partial charge is 0.417 e. The number of esters is 1. The number of hydrogen-bond acceptors (Lipinski definition) is 2. The second kappa shape index (κ2) is 4.92. The zero-order valence-electron chi connectivity index (χ0n) is 9.12. The van der Waals surface area contributed by atoms with E-state index < -0.39 is 40.0 Å². The monoisotopic (exact) mass is 306 g/mol. The average Bonchev–Trinajstić information content (AvgIpc) is 2.24. The highest BCUT2D eigenvalue weighted by molar-refractivity contribution is 6.31. The van der Waals surface area contributed by atoms with Crippen LogP contribution in [0.5, 0.6) is 0 Å². The van der Waals surface area contributed by atoms with Crippen molar-refractivity contribution in [3.8, 4) is 0 Å². The van der Waals surface area contributed by atoms with E-state index in [9.17, 15) is 31.1 Å². The minimum Gasteiger partial charge on any atom is -0.465 e. The lowest BCUT2D eigenvalue weighted by atomic mass is 10.0. The summed E-state index contributed by atoms with van der Waals surface area (Å²) in [7, 11) is 0.754. The number of alkyl halides is 6. The molecule has 1 aromatic rings. The van der Waals surface area contributed by atoms with Gasteiger partial charge in [-0.05, 0) is 12.1 Å². The Bertz CT molecular complexity index is 506. The number of ether oxygens (including phenoxy) is 1. The molecule has 0 spiro atoms. The quantitative estimate of drug-likeness (QED) is 0.575. The minimum absolute atomic E-state index is 0.0248. The standard InChI is InChI=1S/C10H5ClF6O2/c1-19-8(18)4-2-6(10(15,16)17)7(11)3-5(4)9(12,13)14/h2-3H,1H3. The molecule has 9 heteroatoms. The van der Waals surface area contributed by atoms with Crippen LogP contribution in [-0.2, 0) is 17.1 Å². The number of hydrogen-bond donors (Lipinski definition) is 0. The summed E-state index contributed by atoms with van der Waals surface area (Å²) in [5.74, 6) is -1.53. The summed E-state index contributed by atoms with van der Waals surface area (Å²) in [6.07, 6.45) is -10.0. The number of benzene rings is 1. The van der Waals surface area contributed by atoms with Gasteiger partial charge in [0.2, 0.25) is 0 Å². The molecule has 1 rings (SSSR count). The Labute approximate surface area is 107 Å². The van der Waals surface area contributed by atoms with E-state index >= 15 is 0 Å². The molecule has 0 amide bonds. The van der Waals surface area contributed by atoms with E-state index in [4.69, 9.17) is 11.6 Å². The van der Waals surface area contributed by atoms with Gasteiger partial charge in [0.15, 0.2) is 0 Å². The van der Waals surface area contributed by atoms with Crippen LogP contribution in [0, 0.1) is 0 Å². The predicted octanol–water partition coefficient (Wildman–Crippen LogP) is 4.16. The van der Waals surface area contributed by atoms with Gasteiger partial charge in [0.05, 0.1) is 28.8 Å². The van der Waals surface area contributed by atoms with Gasteiger partial charge >= 0.3 is 18.3 Å². The minimum atomic E-state index is -5.03. The third-order valence-corrected chi connectivity index (χ3v) is 2.44. The molecule has 0 fully saturated rings. The van der Waals surface area contributed by atoms with Crippen molar-refractivity contribution in [1.82, 2.24) is 0 Å². The van der Waals surface area contributed by atoms with Crippen molar-refractivity contribution in [1.29, 1.82) is 0 Å². The molecule has 0 aromatic heterocycles. The highest BCUT2D eigenvalue weighted by Crippen LogP contribution is 2.40. The first-order valence-electron chi connectivity index (χ1n) is 4.54. The van der Waals surface area contributed by atoms with E-state index in [1.807, 2.05) is 0 Å². The third-order valence-electron chi connectivity index (χ3n) is 2.12. The van der Waals surface area contributed by atoms with Crippen molar-refractivity contribution in [2.75, 3.05) is 7.11 Å². The summed E-state index contributed by atoms with van der Waals surface area (Å²) in [5, 5.41) is -1.15. The lowest BCUT2D eigenvalue weighted by Crippen LogP contribution is -2.17. The van der Waals surface area contributed by atoms with Crippen molar-refractivity contribution >= 4 is 17.6 Å². The maximum Gasteiger partial charge on any atom is 0.417 e. The average molecular weight is 307 g/mol. The number of rotatable bonds is 1. The van der Waals surface area contributed by atoms with Gasteiger partial charge in [-0.2, -0.15) is 26.3 Å². The molecule has 0 heterocycles. The van der Waals surface area contributed by atoms with Crippen molar-refractivity contribution in [2.45, 2.75) is 12.4 Å². The van der Waals surface area contributed by atoms with Crippen LogP contribution in [0.4, 0.5) is 26.3 Å². The molecular formula is C10H5ClF6O2. The summed E-state index contributed by atoms with van der Waals surface area (Å²) in [6.45, 7) is 0. The summed E-state index contributed by atoms with van der Waals surface area (Å²) in [5.41, 5.74) is -4.37. The van der Waals surface area contributed by atoms with Crippen LogP contribution in [-0.4, -0.2) is 13.1 Å². The second-order valence-electron chi connectivity index (χ2n) is 3.36. The lowest BCUT2D eigenvalue weighted by Gasteiger charge is -2.16. The van der Waals surface area contributed by atoms with Gasteiger partial charge in [0, 0.05) is 0 Å². The van der Waals surface area contributed by atoms with Crippen LogP contribution >= 0.6 is 11.6 Å². The Morgan fingerprint density at radius 1 is 1.05 bits per heavy atom. The molecule has 1 aromatic carbocycles. The number of carbonyl (C=O) groups is 1. The molecule has 0 saturated heterocycles. The molecule has 0 aliphatic carbocycles. The van der Waals surface area contributed by atoms with Crippen LogP contribution in [0.25, 0.3) is 0 Å². The van der Waals surface area contributed by atoms with E-state index in [0.717, 1.165) is 7.11 Å². The topological polar surface area (TPSA) is 26.3 Å². The summed E-state index contributed by atoms with van der Waals surface area (Å²) < 4.78 is 79.4. The van der Waals surface area contributed by atoms with E-state index in [-0.39, 0.29) is 12.1 Å². The molecule has 2 nitrogen and oxygen atoms in total. The van der Waals surface area contributed by atoms with Crippen molar-refractivity contribution in [2.24, 2.45) is 0 Å². The van der Waals surface area contributed by atoms with Gasteiger partial charge in [0.1, 0.15) is 0 Å². The van der Waals surface area contributed by atoms with Gasteiger partial charge in [-0.15, -0.1) is 0 Å². The molecule has 106 valence electrons. The molecule has 0 saturated carbocycles. The highest BCUT2D eigenvalue weighted by atomic mass is 35.5. The maximum atomic E-state index is 12.6. The molecular weight excluding hydrogens is 302 g/mol. The fraction of sp³-hybridized carbons (Fsp3) is 0.300. The van der Waals surface area contributed by atoms with E-state index in [0.29, 0.717) is 0 Å².